The Balaban J connectivity index is 0. The minimum atomic E-state index is -0.282. The van der Waals surface area contributed by atoms with E-state index in [0.29, 0.717) is 0 Å². The fourth-order valence-corrected chi connectivity index (χ4v) is 0.118. The Kier molecular flexibility index (Phi) is 9.60. The quantitative estimate of drug-likeness (QED) is 0.426. The molecule has 39 valence electrons. The van der Waals surface area contributed by atoms with E-state index in [1.165, 1.54) is 13.5 Å². The molecule has 0 aromatic heterocycles. The minimum absolute atomic E-state index is 0. The van der Waals surface area contributed by atoms with Crippen LogP contribution in [0.4, 0.5) is 0 Å². The number of carbonyl (C=O) groups is 1. The molecule has 7 heavy (non-hydrogen) atoms. The van der Waals surface area contributed by atoms with Crippen LogP contribution in [0.1, 0.15) is 6.92 Å². The monoisotopic (exact) mass is 176 g/mol. The van der Waals surface area contributed by atoms with Gasteiger partial charge in [-0.15, -0.1) is 0 Å². The summed E-state index contributed by atoms with van der Waals surface area (Å²) in [6.45, 7) is 1.63. The molecular weight excluding hydrogens is 169 g/mol. The standard InChI is InChI=1S/C4H7O2.Y/c1-3-4(5)6-2;/h3H,1-2H3;/q-1;. The van der Waals surface area contributed by atoms with Crippen molar-refractivity contribution in [3.05, 3.63) is 6.42 Å². The second-order valence-electron chi connectivity index (χ2n) is 0.812. The first kappa shape index (κ1) is 10.4. The summed E-state index contributed by atoms with van der Waals surface area (Å²) < 4.78 is 4.20. The molecule has 0 heterocycles. The van der Waals surface area contributed by atoms with Gasteiger partial charge < -0.3 is 4.74 Å². The minimum Gasteiger partial charge on any atom is -0.491 e. The van der Waals surface area contributed by atoms with Crippen molar-refractivity contribution < 1.29 is 42.2 Å². The average Bonchev–Trinajstić information content (AvgIpc) is 1.65. The average molecular weight is 176 g/mol. The van der Waals surface area contributed by atoms with Crippen LogP contribution in [0.5, 0.6) is 0 Å². The molecule has 0 bridgehead atoms. The van der Waals surface area contributed by atoms with Crippen molar-refractivity contribution in [3.8, 4) is 0 Å². The summed E-state index contributed by atoms with van der Waals surface area (Å²) in [4.78, 5) is 9.90. The van der Waals surface area contributed by atoms with Crippen molar-refractivity contribution >= 4 is 5.97 Å². The molecular formula is C4H7O2Y-. The molecule has 0 aliphatic heterocycles. The van der Waals surface area contributed by atoms with Crippen LogP contribution in [-0.4, -0.2) is 13.1 Å². The maximum Gasteiger partial charge on any atom is 0.166 e. The number of hydrogen-bond donors (Lipinski definition) is 0. The molecule has 0 unspecified atom stereocenters. The Morgan fingerprint density at radius 1 is 1.71 bits per heavy atom. The van der Waals surface area contributed by atoms with Gasteiger partial charge >= 0.3 is 0 Å². The number of hydrogen-bond acceptors (Lipinski definition) is 2. The first-order chi connectivity index (χ1) is 2.81. The molecule has 0 saturated carbocycles. The van der Waals surface area contributed by atoms with Gasteiger partial charge in [-0.1, -0.05) is 0 Å². The third-order valence-electron chi connectivity index (χ3n) is 0.437. The van der Waals surface area contributed by atoms with Crippen LogP contribution in [0.15, 0.2) is 0 Å². The first-order valence-corrected chi connectivity index (χ1v) is 1.68. The van der Waals surface area contributed by atoms with Gasteiger partial charge in [-0.3, -0.25) is 11.2 Å². The summed E-state index contributed by atoms with van der Waals surface area (Å²) in [5, 5.41) is 0. The Labute approximate surface area is 68.5 Å². The van der Waals surface area contributed by atoms with Crippen molar-refractivity contribution in [1.29, 1.82) is 0 Å². The van der Waals surface area contributed by atoms with Crippen LogP contribution in [0.3, 0.4) is 0 Å². The predicted octanol–water partition coefficient (Wildman–Crippen LogP) is 0.381. The fraction of sp³-hybridized carbons (Fsp3) is 0.500. The number of methoxy groups -OCH3 is 1. The summed E-state index contributed by atoms with van der Waals surface area (Å²) >= 11 is 0. The third kappa shape index (κ3) is 6.44. The van der Waals surface area contributed by atoms with Crippen molar-refractivity contribution in [2.45, 2.75) is 6.92 Å². The predicted molar refractivity (Wildman–Crippen MR) is 22.0 cm³/mol. The maximum atomic E-state index is 9.90. The third-order valence-corrected chi connectivity index (χ3v) is 0.437. The molecule has 2 nitrogen and oxygen atoms in total. The first-order valence-electron chi connectivity index (χ1n) is 1.68. The number of rotatable bonds is 1. The summed E-state index contributed by atoms with van der Waals surface area (Å²) in [6.07, 6.45) is 1.36. The van der Waals surface area contributed by atoms with E-state index in [0.717, 1.165) is 0 Å². The molecule has 0 aliphatic carbocycles. The van der Waals surface area contributed by atoms with E-state index in [9.17, 15) is 4.79 Å². The molecule has 0 aromatic rings. The van der Waals surface area contributed by atoms with Crippen LogP contribution < -0.4 is 0 Å². The van der Waals surface area contributed by atoms with E-state index in [2.05, 4.69) is 4.74 Å². The van der Waals surface area contributed by atoms with Crippen LogP contribution in [0.25, 0.3) is 0 Å². The second-order valence-corrected chi connectivity index (χ2v) is 0.812. The van der Waals surface area contributed by atoms with Gasteiger partial charge in [0.1, 0.15) is 0 Å². The molecule has 0 rings (SSSR count). The summed E-state index contributed by atoms with van der Waals surface area (Å²) in [5.74, 6) is -0.282. The molecule has 0 aliphatic rings. The zero-order valence-corrected chi connectivity index (χ0v) is 7.31. The molecule has 0 saturated heterocycles. The second kappa shape index (κ2) is 6.44. The van der Waals surface area contributed by atoms with Crippen LogP contribution in [0.2, 0.25) is 0 Å². The number of esters is 1. The van der Waals surface area contributed by atoms with Gasteiger partial charge in [-0.25, -0.2) is 0 Å². The van der Waals surface area contributed by atoms with Gasteiger partial charge in [0, 0.05) is 32.7 Å². The van der Waals surface area contributed by atoms with Crippen molar-refractivity contribution in [2.24, 2.45) is 0 Å². The van der Waals surface area contributed by atoms with E-state index in [1.807, 2.05) is 0 Å². The molecule has 0 aromatic carbocycles. The Bertz CT molecular complexity index is 47.7. The van der Waals surface area contributed by atoms with E-state index < -0.39 is 0 Å². The van der Waals surface area contributed by atoms with Crippen LogP contribution >= 0.6 is 0 Å². The molecule has 1 radical (unpaired) electrons. The molecule has 0 spiro atoms. The summed E-state index contributed by atoms with van der Waals surface area (Å²) in [5.41, 5.74) is 0. The Morgan fingerprint density at radius 3 is 2.14 bits per heavy atom. The van der Waals surface area contributed by atoms with Gasteiger partial charge in [-0.2, -0.15) is 6.92 Å². The Morgan fingerprint density at radius 2 is 2.14 bits per heavy atom. The van der Waals surface area contributed by atoms with Crippen molar-refractivity contribution in [2.75, 3.05) is 7.11 Å². The van der Waals surface area contributed by atoms with Gasteiger partial charge in [0.15, 0.2) is 5.97 Å². The summed E-state index contributed by atoms with van der Waals surface area (Å²) in [6, 6.07) is 0. The number of ether oxygens (including phenoxy) is 1. The molecule has 0 atom stereocenters. The zero-order valence-electron chi connectivity index (χ0n) is 4.47. The SMILES string of the molecule is C[CH-]C(=O)OC.[Y]. The molecule has 0 amide bonds. The normalized spacial score (nSPS) is 6.00. The van der Waals surface area contributed by atoms with Crippen molar-refractivity contribution in [1.82, 2.24) is 0 Å². The van der Waals surface area contributed by atoms with E-state index in [1.54, 1.807) is 6.92 Å². The smallest absolute Gasteiger partial charge is 0.166 e. The van der Waals surface area contributed by atoms with Crippen molar-refractivity contribution in [3.63, 3.8) is 0 Å². The van der Waals surface area contributed by atoms with E-state index in [4.69, 9.17) is 0 Å². The summed E-state index contributed by atoms with van der Waals surface area (Å²) in [7, 11) is 1.35. The van der Waals surface area contributed by atoms with Crippen LogP contribution in [0, 0.1) is 6.42 Å². The molecule has 0 N–H and O–H groups in total. The molecule has 0 fully saturated rings. The topological polar surface area (TPSA) is 26.3 Å². The zero-order chi connectivity index (χ0) is 4.99. The fourth-order valence-electron chi connectivity index (χ4n) is 0.118. The number of carbonyl (C=O) groups excluding carboxylic acids is 1. The van der Waals surface area contributed by atoms with E-state index in [-0.39, 0.29) is 38.7 Å². The van der Waals surface area contributed by atoms with Crippen LogP contribution in [-0.2, 0) is 42.2 Å². The van der Waals surface area contributed by atoms with Gasteiger partial charge in [-0.05, 0) is 0 Å². The van der Waals surface area contributed by atoms with Gasteiger partial charge in [0.05, 0.1) is 7.11 Å². The maximum absolute atomic E-state index is 9.90. The largest absolute Gasteiger partial charge is 0.491 e. The Hall–Kier alpha value is 0.444. The van der Waals surface area contributed by atoms with E-state index >= 15 is 0 Å². The van der Waals surface area contributed by atoms with Gasteiger partial charge in [0.2, 0.25) is 0 Å². The molecule has 3 heteroatoms. The van der Waals surface area contributed by atoms with Gasteiger partial charge in [0.25, 0.3) is 0 Å².